The van der Waals surface area contributed by atoms with E-state index in [9.17, 15) is 0 Å². The van der Waals surface area contributed by atoms with E-state index >= 15 is 0 Å². The first-order chi connectivity index (χ1) is 8.83. The Morgan fingerprint density at radius 2 is 1.72 bits per heavy atom. The highest BCUT2D eigenvalue weighted by Gasteiger charge is 2.46. The van der Waals surface area contributed by atoms with Crippen molar-refractivity contribution in [1.29, 1.82) is 0 Å². The van der Waals surface area contributed by atoms with Gasteiger partial charge < -0.3 is 10.5 Å². The summed E-state index contributed by atoms with van der Waals surface area (Å²) in [6.07, 6.45) is 12.4. The second kappa shape index (κ2) is 5.92. The zero-order valence-corrected chi connectivity index (χ0v) is 11.7. The van der Waals surface area contributed by atoms with E-state index in [0.29, 0.717) is 6.04 Å². The van der Waals surface area contributed by atoms with Crippen LogP contribution in [-0.2, 0) is 4.74 Å². The van der Waals surface area contributed by atoms with Gasteiger partial charge in [0.05, 0.1) is 0 Å². The molecule has 0 aromatic rings. The van der Waals surface area contributed by atoms with Gasteiger partial charge in [-0.3, -0.25) is 0 Å². The largest absolute Gasteiger partial charge is 0.381 e. The minimum atomic E-state index is 0.507. The molecule has 2 N–H and O–H groups in total. The van der Waals surface area contributed by atoms with Gasteiger partial charge in [-0.25, -0.2) is 0 Å². The van der Waals surface area contributed by atoms with Crippen LogP contribution in [0.1, 0.15) is 57.8 Å². The highest BCUT2D eigenvalue weighted by Crippen LogP contribution is 2.55. The Labute approximate surface area is 112 Å². The fourth-order valence-corrected chi connectivity index (χ4v) is 4.20. The Kier molecular flexibility index (Phi) is 4.25. The molecule has 104 valence electrons. The van der Waals surface area contributed by atoms with Crippen LogP contribution in [0.3, 0.4) is 0 Å². The van der Waals surface area contributed by atoms with Crippen molar-refractivity contribution in [3.63, 3.8) is 0 Å². The van der Waals surface area contributed by atoms with Crippen LogP contribution in [0.2, 0.25) is 0 Å². The van der Waals surface area contributed by atoms with E-state index in [1.807, 2.05) is 0 Å². The number of ether oxygens (including phenoxy) is 1. The topological polar surface area (TPSA) is 35.2 Å². The van der Waals surface area contributed by atoms with Gasteiger partial charge in [-0.05, 0) is 62.2 Å². The average molecular weight is 251 g/mol. The van der Waals surface area contributed by atoms with Crippen LogP contribution in [-0.4, -0.2) is 19.3 Å². The average Bonchev–Trinajstić information content (AvgIpc) is 3.02. The minimum absolute atomic E-state index is 0.507. The summed E-state index contributed by atoms with van der Waals surface area (Å²) in [7, 11) is 0. The first kappa shape index (κ1) is 12.9. The van der Waals surface area contributed by atoms with Gasteiger partial charge in [0.25, 0.3) is 0 Å². The third-order valence-corrected chi connectivity index (χ3v) is 5.63. The lowest BCUT2D eigenvalue weighted by atomic mass is 9.89. The van der Waals surface area contributed by atoms with Gasteiger partial charge >= 0.3 is 0 Å². The molecule has 1 aliphatic heterocycles. The first-order valence-electron chi connectivity index (χ1n) is 8.16. The molecule has 2 heteroatoms. The number of unbranched alkanes of at least 4 members (excludes halogenated alkanes) is 1. The predicted octanol–water partition coefficient (Wildman–Crippen LogP) is 3.35. The molecule has 0 bridgehead atoms. The van der Waals surface area contributed by atoms with E-state index in [1.165, 1.54) is 57.8 Å². The van der Waals surface area contributed by atoms with Crippen molar-refractivity contribution < 1.29 is 4.74 Å². The molecular formula is C16H29NO. The minimum Gasteiger partial charge on any atom is -0.381 e. The molecule has 3 atom stereocenters. The molecule has 0 aromatic carbocycles. The molecule has 1 saturated heterocycles. The standard InChI is InChI=1S/C16H29NO/c17-16(15-10-13-9-14(13)11-15)4-2-1-3-12-5-7-18-8-6-12/h12-16H,1-11,17H2. The molecule has 2 saturated carbocycles. The van der Waals surface area contributed by atoms with E-state index in [0.717, 1.165) is 36.9 Å². The fourth-order valence-electron chi connectivity index (χ4n) is 4.20. The summed E-state index contributed by atoms with van der Waals surface area (Å²) >= 11 is 0. The summed E-state index contributed by atoms with van der Waals surface area (Å²) in [6, 6.07) is 0.507. The van der Waals surface area contributed by atoms with E-state index < -0.39 is 0 Å². The maximum atomic E-state index is 6.36. The highest BCUT2D eigenvalue weighted by molar-refractivity contribution is 4.98. The van der Waals surface area contributed by atoms with Crippen molar-refractivity contribution in [2.45, 2.75) is 63.8 Å². The van der Waals surface area contributed by atoms with Crippen molar-refractivity contribution in [1.82, 2.24) is 0 Å². The normalized spacial score (nSPS) is 37.5. The van der Waals surface area contributed by atoms with Crippen LogP contribution in [0.4, 0.5) is 0 Å². The second-order valence-corrected chi connectivity index (χ2v) is 6.99. The summed E-state index contributed by atoms with van der Waals surface area (Å²) in [5, 5.41) is 0. The van der Waals surface area contributed by atoms with Crippen molar-refractivity contribution >= 4 is 0 Å². The third-order valence-electron chi connectivity index (χ3n) is 5.63. The van der Waals surface area contributed by atoms with E-state index in [-0.39, 0.29) is 0 Å². The van der Waals surface area contributed by atoms with Gasteiger partial charge in [-0.2, -0.15) is 0 Å². The van der Waals surface area contributed by atoms with Gasteiger partial charge in [-0.15, -0.1) is 0 Å². The molecular weight excluding hydrogens is 222 g/mol. The van der Waals surface area contributed by atoms with Crippen molar-refractivity contribution in [2.24, 2.45) is 29.4 Å². The van der Waals surface area contributed by atoms with Crippen molar-refractivity contribution in [3.8, 4) is 0 Å². The van der Waals surface area contributed by atoms with Gasteiger partial charge in [-0.1, -0.05) is 19.3 Å². The Balaban J connectivity index is 1.25. The lowest BCUT2D eigenvalue weighted by Crippen LogP contribution is -2.29. The Hall–Kier alpha value is -0.0800. The summed E-state index contributed by atoms with van der Waals surface area (Å²) in [5.41, 5.74) is 6.36. The van der Waals surface area contributed by atoms with Crippen LogP contribution < -0.4 is 5.73 Å². The maximum absolute atomic E-state index is 6.36. The van der Waals surface area contributed by atoms with Crippen LogP contribution in [0.5, 0.6) is 0 Å². The lowest BCUT2D eigenvalue weighted by molar-refractivity contribution is 0.0630. The lowest BCUT2D eigenvalue weighted by Gasteiger charge is -2.23. The molecule has 0 amide bonds. The number of hydrogen-bond donors (Lipinski definition) is 1. The molecule has 3 fully saturated rings. The smallest absolute Gasteiger partial charge is 0.0468 e. The van der Waals surface area contributed by atoms with Crippen LogP contribution >= 0.6 is 0 Å². The molecule has 0 radical (unpaired) electrons. The summed E-state index contributed by atoms with van der Waals surface area (Å²) < 4.78 is 5.41. The van der Waals surface area contributed by atoms with Gasteiger partial charge in [0, 0.05) is 19.3 Å². The van der Waals surface area contributed by atoms with Crippen LogP contribution in [0.15, 0.2) is 0 Å². The molecule has 3 aliphatic rings. The highest BCUT2D eigenvalue weighted by atomic mass is 16.5. The summed E-state index contributed by atoms with van der Waals surface area (Å²) in [5.74, 6) is 3.98. The monoisotopic (exact) mass is 251 g/mol. The fraction of sp³-hybridized carbons (Fsp3) is 1.00. The Bertz CT molecular complexity index is 252. The predicted molar refractivity (Wildman–Crippen MR) is 74.3 cm³/mol. The maximum Gasteiger partial charge on any atom is 0.0468 e. The molecule has 1 heterocycles. The Morgan fingerprint density at radius 3 is 2.44 bits per heavy atom. The zero-order valence-electron chi connectivity index (χ0n) is 11.7. The van der Waals surface area contributed by atoms with Crippen molar-refractivity contribution in [3.05, 3.63) is 0 Å². The third kappa shape index (κ3) is 3.27. The zero-order chi connectivity index (χ0) is 12.4. The molecule has 2 nitrogen and oxygen atoms in total. The number of hydrogen-bond acceptors (Lipinski definition) is 2. The van der Waals surface area contributed by atoms with Gasteiger partial charge in [0.1, 0.15) is 0 Å². The number of nitrogens with two attached hydrogens (primary N) is 1. The van der Waals surface area contributed by atoms with E-state index in [4.69, 9.17) is 10.5 Å². The molecule has 3 unspecified atom stereocenters. The molecule has 18 heavy (non-hydrogen) atoms. The van der Waals surface area contributed by atoms with Crippen LogP contribution in [0.25, 0.3) is 0 Å². The summed E-state index contributed by atoms with van der Waals surface area (Å²) in [4.78, 5) is 0. The molecule has 3 rings (SSSR count). The van der Waals surface area contributed by atoms with E-state index in [1.54, 1.807) is 0 Å². The molecule has 0 aromatic heterocycles. The summed E-state index contributed by atoms with van der Waals surface area (Å²) in [6.45, 7) is 1.99. The molecule has 0 spiro atoms. The number of fused-ring (bicyclic) bond motifs is 1. The molecule has 2 aliphatic carbocycles. The second-order valence-electron chi connectivity index (χ2n) is 6.99. The quantitative estimate of drug-likeness (QED) is 0.735. The van der Waals surface area contributed by atoms with Crippen LogP contribution in [0, 0.1) is 23.7 Å². The first-order valence-corrected chi connectivity index (χ1v) is 8.16. The van der Waals surface area contributed by atoms with E-state index in [2.05, 4.69) is 0 Å². The number of rotatable bonds is 6. The van der Waals surface area contributed by atoms with Gasteiger partial charge in [0.2, 0.25) is 0 Å². The SMILES string of the molecule is NC(CCCCC1CCOCC1)C1CC2CC2C1. The van der Waals surface area contributed by atoms with Gasteiger partial charge in [0.15, 0.2) is 0 Å². The van der Waals surface area contributed by atoms with Crippen molar-refractivity contribution in [2.75, 3.05) is 13.2 Å². The Morgan fingerprint density at radius 1 is 1.00 bits per heavy atom.